The average molecular weight is 252 g/mol. The van der Waals surface area contributed by atoms with Crippen molar-refractivity contribution in [2.75, 3.05) is 6.61 Å². The van der Waals surface area contributed by atoms with Crippen molar-refractivity contribution in [2.24, 2.45) is 0 Å². The smallest absolute Gasteiger partial charge is 0.0712 e. The third kappa shape index (κ3) is 3.03. The Hall–Kier alpha value is -0.510. The minimum Gasteiger partial charge on any atom is -0.396 e. The van der Waals surface area contributed by atoms with Gasteiger partial charge in [-0.05, 0) is 31.4 Å². The maximum atomic E-state index is 10.3. The first-order valence-corrected chi connectivity index (χ1v) is 7.11. The zero-order valence-corrected chi connectivity index (χ0v) is 10.8. The number of aliphatic hydroxyl groups is 2. The maximum absolute atomic E-state index is 10.3. The van der Waals surface area contributed by atoms with Crippen LogP contribution < -0.4 is 0 Å². The summed E-state index contributed by atoms with van der Waals surface area (Å²) in [4.78, 5) is 1.21. The van der Waals surface area contributed by atoms with Gasteiger partial charge in [-0.15, -0.1) is 11.8 Å². The van der Waals surface area contributed by atoms with Crippen molar-refractivity contribution >= 4 is 11.8 Å². The third-order valence-electron chi connectivity index (χ3n) is 3.52. The normalized spacial score (nSPS) is 20.4. The van der Waals surface area contributed by atoms with Gasteiger partial charge in [0.2, 0.25) is 0 Å². The molecule has 0 radical (unpaired) electrons. The molecule has 1 fully saturated rings. The Morgan fingerprint density at radius 1 is 1.18 bits per heavy atom. The molecule has 1 aromatic rings. The monoisotopic (exact) mass is 252 g/mol. The molecule has 1 saturated carbocycles. The number of hydrogen-bond donors (Lipinski definition) is 2. The molecule has 3 heteroatoms. The van der Waals surface area contributed by atoms with E-state index in [0.29, 0.717) is 6.42 Å². The maximum Gasteiger partial charge on any atom is 0.0712 e. The molecule has 2 N–H and O–H groups in total. The van der Waals surface area contributed by atoms with Crippen LogP contribution in [0.1, 0.15) is 32.1 Å². The average Bonchev–Trinajstić information content (AvgIpc) is 2.80. The lowest BCUT2D eigenvalue weighted by atomic mass is 9.97. The van der Waals surface area contributed by atoms with Crippen LogP contribution in [0, 0.1) is 0 Å². The molecule has 2 rings (SSSR count). The van der Waals surface area contributed by atoms with Crippen LogP contribution in [-0.2, 0) is 0 Å². The highest BCUT2D eigenvalue weighted by molar-refractivity contribution is 8.00. The van der Waals surface area contributed by atoms with Crippen molar-refractivity contribution < 1.29 is 10.2 Å². The molecule has 0 aromatic heterocycles. The lowest BCUT2D eigenvalue weighted by molar-refractivity contribution is 0.0970. The molecule has 0 bridgehead atoms. The highest BCUT2D eigenvalue weighted by Gasteiger charge is 2.41. The lowest BCUT2D eigenvalue weighted by Gasteiger charge is -2.33. The molecule has 0 spiro atoms. The number of benzene rings is 1. The minimum atomic E-state index is -0.403. The molecule has 0 aliphatic heterocycles. The first-order valence-electron chi connectivity index (χ1n) is 6.30. The summed E-state index contributed by atoms with van der Waals surface area (Å²) in [5.41, 5.74) is 0. The molecule has 1 aliphatic carbocycles. The molecule has 94 valence electrons. The standard InChI is InChI=1S/C14H20O2S/c15-11-8-13(16)14(9-4-5-10-14)17-12-6-2-1-3-7-12/h1-3,6-7,13,15-16H,4-5,8-11H2. The van der Waals surface area contributed by atoms with Gasteiger partial charge >= 0.3 is 0 Å². The molecule has 2 nitrogen and oxygen atoms in total. The second kappa shape index (κ2) is 5.89. The summed E-state index contributed by atoms with van der Waals surface area (Å²) in [6.07, 6.45) is 4.55. The molecule has 17 heavy (non-hydrogen) atoms. The third-order valence-corrected chi connectivity index (χ3v) is 5.12. The van der Waals surface area contributed by atoms with Crippen molar-refractivity contribution in [3.05, 3.63) is 30.3 Å². The molecule has 0 heterocycles. The summed E-state index contributed by atoms with van der Waals surface area (Å²) >= 11 is 1.79. The van der Waals surface area contributed by atoms with E-state index in [2.05, 4.69) is 12.1 Å². The Morgan fingerprint density at radius 2 is 1.82 bits per heavy atom. The number of rotatable bonds is 5. The van der Waals surface area contributed by atoms with E-state index < -0.39 is 6.10 Å². The zero-order chi connectivity index (χ0) is 12.1. The Bertz CT molecular complexity index is 333. The molecular formula is C14H20O2S. The van der Waals surface area contributed by atoms with E-state index in [0.717, 1.165) is 12.8 Å². The largest absolute Gasteiger partial charge is 0.396 e. The first-order chi connectivity index (χ1) is 8.27. The quantitative estimate of drug-likeness (QED) is 0.846. The molecule has 1 atom stereocenters. The van der Waals surface area contributed by atoms with Gasteiger partial charge in [-0.1, -0.05) is 31.0 Å². The van der Waals surface area contributed by atoms with E-state index in [1.165, 1.54) is 17.7 Å². The molecule has 1 aromatic carbocycles. The summed E-state index contributed by atoms with van der Waals surface area (Å²) in [6, 6.07) is 10.3. The van der Waals surface area contributed by atoms with Crippen LogP contribution in [0.5, 0.6) is 0 Å². The Balaban J connectivity index is 2.12. The van der Waals surface area contributed by atoms with Crippen LogP contribution in [0.4, 0.5) is 0 Å². The van der Waals surface area contributed by atoms with Crippen molar-refractivity contribution in [3.8, 4) is 0 Å². The Morgan fingerprint density at radius 3 is 2.41 bits per heavy atom. The van der Waals surface area contributed by atoms with Crippen LogP contribution in [-0.4, -0.2) is 27.7 Å². The second-order valence-electron chi connectivity index (χ2n) is 4.72. The SMILES string of the molecule is OCCC(O)C1(Sc2ccccc2)CCCC1. The molecule has 0 saturated heterocycles. The van der Waals surface area contributed by atoms with Crippen LogP contribution >= 0.6 is 11.8 Å². The molecule has 1 aliphatic rings. The van der Waals surface area contributed by atoms with E-state index in [1.807, 2.05) is 18.2 Å². The van der Waals surface area contributed by atoms with Gasteiger partial charge in [0, 0.05) is 16.2 Å². The fourth-order valence-corrected chi connectivity index (χ4v) is 4.09. The molecular weight excluding hydrogens is 232 g/mol. The summed E-state index contributed by atoms with van der Waals surface area (Å²) in [5, 5.41) is 19.3. The number of aliphatic hydroxyl groups excluding tert-OH is 2. The van der Waals surface area contributed by atoms with Crippen LogP contribution in [0.2, 0.25) is 0 Å². The van der Waals surface area contributed by atoms with Gasteiger partial charge in [0.05, 0.1) is 6.10 Å². The van der Waals surface area contributed by atoms with Crippen molar-refractivity contribution in [2.45, 2.75) is 47.9 Å². The zero-order valence-electron chi connectivity index (χ0n) is 10.0. The summed E-state index contributed by atoms with van der Waals surface area (Å²) in [7, 11) is 0. The van der Waals surface area contributed by atoms with Gasteiger partial charge in [0.25, 0.3) is 0 Å². The lowest BCUT2D eigenvalue weighted by Crippen LogP contribution is -2.37. The van der Waals surface area contributed by atoms with E-state index in [1.54, 1.807) is 11.8 Å². The van der Waals surface area contributed by atoms with Gasteiger partial charge in [0.15, 0.2) is 0 Å². The fraction of sp³-hybridized carbons (Fsp3) is 0.571. The Kier molecular flexibility index (Phi) is 4.48. The van der Waals surface area contributed by atoms with Gasteiger partial charge in [-0.25, -0.2) is 0 Å². The first kappa shape index (κ1) is 12.9. The molecule has 1 unspecified atom stereocenters. The summed E-state index contributed by atoms with van der Waals surface area (Å²) in [5.74, 6) is 0. The highest BCUT2D eigenvalue weighted by atomic mass is 32.2. The highest BCUT2D eigenvalue weighted by Crippen LogP contribution is 2.48. The topological polar surface area (TPSA) is 40.5 Å². The van der Waals surface area contributed by atoms with Gasteiger partial charge < -0.3 is 10.2 Å². The summed E-state index contributed by atoms with van der Waals surface area (Å²) in [6.45, 7) is 0.0677. The van der Waals surface area contributed by atoms with E-state index in [4.69, 9.17) is 5.11 Å². The summed E-state index contributed by atoms with van der Waals surface area (Å²) < 4.78 is -0.0793. The number of hydrogen-bond acceptors (Lipinski definition) is 3. The van der Waals surface area contributed by atoms with Crippen LogP contribution in [0.15, 0.2) is 35.2 Å². The van der Waals surface area contributed by atoms with Gasteiger partial charge in [0.1, 0.15) is 0 Å². The number of thioether (sulfide) groups is 1. The Labute approximate surface area is 107 Å². The van der Waals surface area contributed by atoms with E-state index >= 15 is 0 Å². The van der Waals surface area contributed by atoms with Crippen molar-refractivity contribution in [3.63, 3.8) is 0 Å². The van der Waals surface area contributed by atoms with Crippen LogP contribution in [0.3, 0.4) is 0 Å². The van der Waals surface area contributed by atoms with Gasteiger partial charge in [-0.2, -0.15) is 0 Å². The van der Waals surface area contributed by atoms with Crippen molar-refractivity contribution in [1.29, 1.82) is 0 Å². The predicted molar refractivity (Wildman–Crippen MR) is 71.2 cm³/mol. The van der Waals surface area contributed by atoms with Crippen molar-refractivity contribution in [1.82, 2.24) is 0 Å². The fourth-order valence-electron chi connectivity index (χ4n) is 2.59. The second-order valence-corrected chi connectivity index (χ2v) is 6.20. The van der Waals surface area contributed by atoms with E-state index in [-0.39, 0.29) is 11.4 Å². The van der Waals surface area contributed by atoms with E-state index in [9.17, 15) is 5.11 Å². The van der Waals surface area contributed by atoms with Crippen LogP contribution in [0.25, 0.3) is 0 Å². The molecule has 0 amide bonds. The minimum absolute atomic E-state index is 0.0677. The van der Waals surface area contributed by atoms with Gasteiger partial charge in [-0.3, -0.25) is 0 Å². The predicted octanol–water partition coefficient (Wildman–Crippen LogP) is 2.83.